The van der Waals surface area contributed by atoms with Crippen molar-refractivity contribution in [3.8, 4) is 11.1 Å². The molecule has 0 amide bonds. The minimum atomic E-state index is -0.546. The van der Waals surface area contributed by atoms with Gasteiger partial charge in [-0.25, -0.2) is 8.78 Å². The van der Waals surface area contributed by atoms with Gasteiger partial charge in [-0.15, -0.1) is 0 Å². The van der Waals surface area contributed by atoms with Crippen LogP contribution in [-0.2, 0) is 0 Å². The fourth-order valence-electron chi connectivity index (χ4n) is 2.05. The van der Waals surface area contributed by atoms with E-state index in [1.165, 1.54) is 12.1 Å². The average Bonchev–Trinajstić information content (AvgIpc) is 2.43. The van der Waals surface area contributed by atoms with E-state index in [2.05, 4.69) is 0 Å². The summed E-state index contributed by atoms with van der Waals surface area (Å²) in [5.41, 5.74) is 7.88. The summed E-state index contributed by atoms with van der Waals surface area (Å²) < 4.78 is 27.8. The molecule has 100 valence electrons. The van der Waals surface area contributed by atoms with Crippen LogP contribution in [0.25, 0.3) is 11.1 Å². The van der Waals surface area contributed by atoms with Gasteiger partial charge in [-0.05, 0) is 36.1 Å². The zero-order valence-electron chi connectivity index (χ0n) is 11.1. The molecule has 0 saturated carbocycles. The maximum absolute atomic E-state index is 14.0. The molecule has 0 heterocycles. The number of nitrogens with two attached hydrogens (primary N) is 1. The minimum Gasteiger partial charge on any atom is -0.324 e. The molecule has 2 N–H and O–H groups in total. The van der Waals surface area contributed by atoms with E-state index in [1.807, 2.05) is 19.1 Å². The predicted octanol–water partition coefficient (Wildman–Crippen LogP) is 4.35. The third kappa shape index (κ3) is 2.66. The molecule has 0 radical (unpaired) electrons. The van der Waals surface area contributed by atoms with E-state index in [4.69, 9.17) is 5.73 Å². The summed E-state index contributed by atoms with van der Waals surface area (Å²) in [6, 6.07) is 9.77. The van der Waals surface area contributed by atoms with Crippen molar-refractivity contribution < 1.29 is 8.78 Å². The summed E-state index contributed by atoms with van der Waals surface area (Å²) in [5, 5.41) is 0. The largest absolute Gasteiger partial charge is 0.324 e. The van der Waals surface area contributed by atoms with Crippen LogP contribution in [0.15, 0.2) is 36.4 Å². The minimum absolute atomic E-state index is 0.0246. The lowest BCUT2D eigenvalue weighted by molar-refractivity contribution is 0.583. The SMILES string of the molecule is CCC(N)c1ccc(-c2c(F)ccc(C)c2F)cc1. The van der Waals surface area contributed by atoms with Gasteiger partial charge in [-0.2, -0.15) is 0 Å². The molecule has 0 aromatic heterocycles. The van der Waals surface area contributed by atoms with Crippen molar-refractivity contribution in [1.82, 2.24) is 0 Å². The average molecular weight is 261 g/mol. The molecular weight excluding hydrogens is 244 g/mol. The molecule has 3 heteroatoms. The van der Waals surface area contributed by atoms with Crippen LogP contribution in [-0.4, -0.2) is 0 Å². The second-order valence-corrected chi connectivity index (χ2v) is 4.69. The Morgan fingerprint density at radius 2 is 1.68 bits per heavy atom. The first kappa shape index (κ1) is 13.7. The van der Waals surface area contributed by atoms with Gasteiger partial charge in [0.15, 0.2) is 0 Å². The molecule has 0 saturated heterocycles. The summed E-state index contributed by atoms with van der Waals surface area (Å²) in [5.74, 6) is -1.05. The van der Waals surface area contributed by atoms with Gasteiger partial charge in [0.05, 0.1) is 5.56 Å². The predicted molar refractivity (Wildman–Crippen MR) is 73.8 cm³/mol. The number of halogens is 2. The molecule has 0 spiro atoms. The maximum Gasteiger partial charge on any atom is 0.136 e. The van der Waals surface area contributed by atoms with E-state index in [0.717, 1.165) is 12.0 Å². The van der Waals surface area contributed by atoms with E-state index >= 15 is 0 Å². The van der Waals surface area contributed by atoms with E-state index in [9.17, 15) is 8.78 Å². The van der Waals surface area contributed by atoms with E-state index in [1.54, 1.807) is 19.1 Å². The summed E-state index contributed by atoms with van der Waals surface area (Å²) in [6.07, 6.45) is 0.826. The lowest BCUT2D eigenvalue weighted by Crippen LogP contribution is -2.08. The van der Waals surface area contributed by atoms with E-state index < -0.39 is 11.6 Å². The third-order valence-corrected chi connectivity index (χ3v) is 3.35. The van der Waals surface area contributed by atoms with Crippen LogP contribution < -0.4 is 5.73 Å². The second-order valence-electron chi connectivity index (χ2n) is 4.69. The van der Waals surface area contributed by atoms with Crippen LogP contribution in [0.2, 0.25) is 0 Å². The summed E-state index contributed by atoms with van der Waals surface area (Å²) >= 11 is 0. The number of rotatable bonds is 3. The molecule has 19 heavy (non-hydrogen) atoms. The molecule has 0 aliphatic heterocycles. The van der Waals surface area contributed by atoms with Gasteiger partial charge in [0.2, 0.25) is 0 Å². The van der Waals surface area contributed by atoms with Crippen molar-refractivity contribution in [3.63, 3.8) is 0 Å². The lowest BCUT2D eigenvalue weighted by atomic mass is 9.98. The van der Waals surface area contributed by atoms with Crippen molar-refractivity contribution in [3.05, 3.63) is 59.2 Å². The first-order valence-corrected chi connectivity index (χ1v) is 6.35. The molecule has 1 atom stereocenters. The van der Waals surface area contributed by atoms with Gasteiger partial charge < -0.3 is 5.73 Å². The van der Waals surface area contributed by atoms with E-state index in [-0.39, 0.29) is 11.6 Å². The fraction of sp³-hybridized carbons (Fsp3) is 0.250. The fourth-order valence-corrected chi connectivity index (χ4v) is 2.05. The quantitative estimate of drug-likeness (QED) is 0.873. The van der Waals surface area contributed by atoms with Crippen molar-refractivity contribution in [1.29, 1.82) is 0 Å². The standard InChI is InChI=1S/C16H17F2N/c1-3-14(19)11-5-7-12(8-6-11)15-13(17)9-4-10(2)16(15)18/h4-9,14H,3,19H2,1-2H3. The van der Waals surface area contributed by atoms with Crippen LogP contribution in [0.5, 0.6) is 0 Å². The van der Waals surface area contributed by atoms with Crippen LogP contribution >= 0.6 is 0 Å². The Hall–Kier alpha value is -1.74. The smallest absolute Gasteiger partial charge is 0.136 e. The van der Waals surface area contributed by atoms with Crippen LogP contribution in [0, 0.1) is 18.6 Å². The number of benzene rings is 2. The summed E-state index contributed by atoms with van der Waals surface area (Å²) in [7, 11) is 0. The Morgan fingerprint density at radius 1 is 1.05 bits per heavy atom. The van der Waals surface area contributed by atoms with Gasteiger partial charge >= 0.3 is 0 Å². The van der Waals surface area contributed by atoms with Gasteiger partial charge in [0.25, 0.3) is 0 Å². The molecule has 2 rings (SSSR count). The van der Waals surface area contributed by atoms with Crippen LogP contribution in [0.1, 0.15) is 30.5 Å². The summed E-state index contributed by atoms with van der Waals surface area (Å²) in [6.45, 7) is 3.62. The van der Waals surface area contributed by atoms with E-state index in [0.29, 0.717) is 11.1 Å². The molecule has 0 aliphatic rings. The number of aryl methyl sites for hydroxylation is 1. The highest BCUT2D eigenvalue weighted by atomic mass is 19.1. The first-order valence-electron chi connectivity index (χ1n) is 6.35. The molecule has 1 unspecified atom stereocenters. The van der Waals surface area contributed by atoms with Crippen LogP contribution in [0.3, 0.4) is 0 Å². The summed E-state index contributed by atoms with van der Waals surface area (Å²) in [4.78, 5) is 0. The Morgan fingerprint density at radius 3 is 2.26 bits per heavy atom. The normalized spacial score (nSPS) is 12.5. The molecule has 0 fully saturated rings. The van der Waals surface area contributed by atoms with Crippen LogP contribution in [0.4, 0.5) is 8.78 Å². The zero-order valence-corrected chi connectivity index (χ0v) is 11.1. The highest BCUT2D eigenvalue weighted by Gasteiger charge is 2.13. The Balaban J connectivity index is 2.46. The molecule has 0 aliphatic carbocycles. The Bertz CT molecular complexity index is 576. The highest BCUT2D eigenvalue weighted by molar-refractivity contribution is 5.66. The first-order chi connectivity index (χ1) is 9.04. The monoisotopic (exact) mass is 261 g/mol. The molecule has 2 aromatic carbocycles. The second kappa shape index (κ2) is 5.49. The van der Waals surface area contributed by atoms with Gasteiger partial charge in [0, 0.05) is 6.04 Å². The molecule has 0 bridgehead atoms. The van der Waals surface area contributed by atoms with Crippen molar-refractivity contribution in [2.75, 3.05) is 0 Å². The van der Waals surface area contributed by atoms with Crippen molar-refractivity contribution in [2.24, 2.45) is 5.73 Å². The Kier molecular flexibility index (Phi) is 3.96. The van der Waals surface area contributed by atoms with Gasteiger partial charge in [0.1, 0.15) is 11.6 Å². The topological polar surface area (TPSA) is 26.0 Å². The Labute approximate surface area is 112 Å². The number of hydrogen-bond acceptors (Lipinski definition) is 1. The van der Waals surface area contributed by atoms with Crippen molar-refractivity contribution in [2.45, 2.75) is 26.3 Å². The third-order valence-electron chi connectivity index (χ3n) is 3.35. The molecular formula is C16H17F2N. The van der Waals surface area contributed by atoms with Crippen molar-refractivity contribution >= 4 is 0 Å². The highest BCUT2D eigenvalue weighted by Crippen LogP contribution is 2.29. The molecule has 1 nitrogen and oxygen atoms in total. The maximum atomic E-state index is 14.0. The lowest BCUT2D eigenvalue weighted by Gasteiger charge is -2.11. The number of hydrogen-bond donors (Lipinski definition) is 1. The van der Waals surface area contributed by atoms with Gasteiger partial charge in [-0.3, -0.25) is 0 Å². The molecule has 2 aromatic rings. The van der Waals surface area contributed by atoms with Gasteiger partial charge in [-0.1, -0.05) is 37.3 Å². The zero-order chi connectivity index (χ0) is 14.0.